The lowest BCUT2D eigenvalue weighted by atomic mass is 10.1. The number of para-hydroxylation sites is 1. The molecule has 0 heterocycles. The Labute approximate surface area is 184 Å². The van der Waals surface area contributed by atoms with Crippen LogP contribution in [0.4, 0.5) is 5.69 Å². The number of halogens is 2. The summed E-state index contributed by atoms with van der Waals surface area (Å²) in [5.41, 5.74) is 2.07. The van der Waals surface area contributed by atoms with E-state index in [9.17, 15) is 4.79 Å². The van der Waals surface area contributed by atoms with Gasteiger partial charge in [0.05, 0.1) is 27.9 Å². The molecule has 0 aromatic heterocycles. The number of ether oxygens (including phenoxy) is 1. The van der Waals surface area contributed by atoms with Crippen LogP contribution in [0.15, 0.2) is 72.8 Å². The van der Waals surface area contributed by atoms with Crippen LogP contribution in [0.1, 0.15) is 15.9 Å². The van der Waals surface area contributed by atoms with Crippen molar-refractivity contribution in [3.8, 4) is 5.75 Å². The van der Waals surface area contributed by atoms with Gasteiger partial charge in [0.1, 0.15) is 5.75 Å². The van der Waals surface area contributed by atoms with Gasteiger partial charge in [-0.15, -0.1) is 0 Å². The summed E-state index contributed by atoms with van der Waals surface area (Å²) in [6.07, 6.45) is 0.740. The SMILES string of the molecule is O=C(NC(=S)Nc1cccc(Cl)c1Cl)c1ccccc1OCCc1ccccc1. The zero-order valence-corrected chi connectivity index (χ0v) is 17.7. The highest BCUT2D eigenvalue weighted by Gasteiger charge is 2.14. The minimum Gasteiger partial charge on any atom is -0.492 e. The molecule has 0 saturated heterocycles. The molecule has 0 spiro atoms. The number of carbonyl (C=O) groups excluding carboxylic acids is 1. The van der Waals surface area contributed by atoms with E-state index in [1.165, 1.54) is 5.56 Å². The number of hydrogen-bond acceptors (Lipinski definition) is 3. The molecule has 0 fully saturated rings. The van der Waals surface area contributed by atoms with Gasteiger partial charge in [0.25, 0.3) is 5.91 Å². The fourth-order valence-corrected chi connectivity index (χ4v) is 3.18. The van der Waals surface area contributed by atoms with Crippen molar-refractivity contribution in [3.63, 3.8) is 0 Å². The minimum absolute atomic E-state index is 0.109. The number of amides is 1. The first-order valence-corrected chi connectivity index (χ1v) is 10.0. The summed E-state index contributed by atoms with van der Waals surface area (Å²) in [7, 11) is 0. The molecule has 148 valence electrons. The predicted molar refractivity (Wildman–Crippen MR) is 122 cm³/mol. The molecule has 0 radical (unpaired) electrons. The highest BCUT2D eigenvalue weighted by atomic mass is 35.5. The van der Waals surface area contributed by atoms with Gasteiger partial charge in [-0.05, 0) is 42.0 Å². The molecule has 3 aromatic rings. The van der Waals surface area contributed by atoms with Gasteiger partial charge in [-0.2, -0.15) is 0 Å². The van der Waals surface area contributed by atoms with E-state index in [1.807, 2.05) is 36.4 Å². The number of rotatable bonds is 6. The predicted octanol–water partition coefficient (Wildman–Crippen LogP) is 5.74. The van der Waals surface area contributed by atoms with Crippen molar-refractivity contribution in [3.05, 3.63) is 94.0 Å². The summed E-state index contributed by atoms with van der Waals surface area (Å²) >= 11 is 17.4. The van der Waals surface area contributed by atoms with Crippen molar-refractivity contribution in [1.29, 1.82) is 0 Å². The molecule has 0 bridgehead atoms. The Morgan fingerprint density at radius 1 is 0.931 bits per heavy atom. The van der Waals surface area contributed by atoms with Crippen LogP contribution in [-0.2, 0) is 6.42 Å². The fraction of sp³-hybridized carbons (Fsp3) is 0.0909. The maximum atomic E-state index is 12.7. The molecule has 0 aliphatic rings. The summed E-state index contributed by atoms with van der Waals surface area (Å²) in [6, 6.07) is 22.1. The van der Waals surface area contributed by atoms with Crippen molar-refractivity contribution >= 4 is 52.1 Å². The topological polar surface area (TPSA) is 50.4 Å². The molecule has 0 unspecified atom stereocenters. The van der Waals surface area contributed by atoms with Crippen molar-refractivity contribution in [2.24, 2.45) is 0 Å². The lowest BCUT2D eigenvalue weighted by Crippen LogP contribution is -2.34. The van der Waals surface area contributed by atoms with Crippen LogP contribution >= 0.6 is 35.4 Å². The second-order valence-corrected chi connectivity index (χ2v) is 7.28. The Hall–Kier alpha value is -2.60. The molecule has 2 N–H and O–H groups in total. The first kappa shape index (κ1) is 21.1. The maximum Gasteiger partial charge on any atom is 0.261 e. The number of anilines is 1. The van der Waals surface area contributed by atoms with E-state index < -0.39 is 0 Å². The molecule has 29 heavy (non-hydrogen) atoms. The van der Waals surface area contributed by atoms with Crippen molar-refractivity contribution in [2.75, 3.05) is 11.9 Å². The van der Waals surface area contributed by atoms with Gasteiger partial charge in [0.15, 0.2) is 5.11 Å². The minimum atomic E-state index is -0.379. The summed E-state index contributed by atoms with van der Waals surface area (Å²) in [4.78, 5) is 12.7. The largest absolute Gasteiger partial charge is 0.492 e. The Bertz CT molecular complexity index is 1010. The maximum absolute atomic E-state index is 12.7. The van der Waals surface area contributed by atoms with Gasteiger partial charge in [0.2, 0.25) is 0 Å². The molecule has 7 heteroatoms. The van der Waals surface area contributed by atoms with Gasteiger partial charge in [-0.3, -0.25) is 10.1 Å². The van der Waals surface area contributed by atoms with Crippen LogP contribution in [0.2, 0.25) is 10.0 Å². The van der Waals surface area contributed by atoms with E-state index in [1.54, 1.807) is 36.4 Å². The molecular weight excluding hydrogens is 427 g/mol. The lowest BCUT2D eigenvalue weighted by molar-refractivity contribution is 0.0974. The molecule has 0 aliphatic heterocycles. The first-order chi connectivity index (χ1) is 14.0. The van der Waals surface area contributed by atoms with Gasteiger partial charge in [-0.25, -0.2) is 0 Å². The molecule has 0 aliphatic carbocycles. The monoisotopic (exact) mass is 444 g/mol. The molecule has 4 nitrogen and oxygen atoms in total. The van der Waals surface area contributed by atoms with Crippen LogP contribution in [0, 0.1) is 0 Å². The van der Waals surface area contributed by atoms with Crippen LogP contribution in [0.3, 0.4) is 0 Å². The van der Waals surface area contributed by atoms with E-state index in [-0.39, 0.29) is 11.0 Å². The van der Waals surface area contributed by atoms with E-state index in [0.29, 0.717) is 33.7 Å². The average Bonchev–Trinajstić information content (AvgIpc) is 2.72. The standard InChI is InChI=1S/C22H18Cl2N2O2S/c23-17-10-6-11-18(20(17)24)25-22(29)26-21(27)16-9-4-5-12-19(16)28-14-13-15-7-2-1-3-8-15/h1-12H,13-14H2,(H2,25,26,27,29). The number of hydrogen-bond donors (Lipinski definition) is 2. The molecule has 3 rings (SSSR count). The average molecular weight is 445 g/mol. The lowest BCUT2D eigenvalue weighted by Gasteiger charge is -2.14. The van der Waals surface area contributed by atoms with Crippen LogP contribution in [-0.4, -0.2) is 17.6 Å². The Morgan fingerprint density at radius 2 is 1.66 bits per heavy atom. The summed E-state index contributed by atoms with van der Waals surface area (Å²) in [5, 5.41) is 6.35. The number of nitrogens with one attached hydrogen (secondary N) is 2. The van der Waals surface area contributed by atoms with Crippen LogP contribution < -0.4 is 15.4 Å². The quantitative estimate of drug-likeness (QED) is 0.475. The molecule has 0 atom stereocenters. The Balaban J connectivity index is 1.61. The van der Waals surface area contributed by atoms with Crippen molar-refractivity contribution in [2.45, 2.75) is 6.42 Å². The summed E-state index contributed by atoms with van der Waals surface area (Å²) < 4.78 is 5.83. The van der Waals surface area contributed by atoms with Gasteiger partial charge in [0, 0.05) is 6.42 Å². The number of benzene rings is 3. The van der Waals surface area contributed by atoms with Crippen LogP contribution in [0.25, 0.3) is 0 Å². The van der Waals surface area contributed by atoms with Crippen molar-refractivity contribution in [1.82, 2.24) is 5.32 Å². The highest BCUT2D eigenvalue weighted by Crippen LogP contribution is 2.29. The fourth-order valence-electron chi connectivity index (χ4n) is 2.63. The second-order valence-electron chi connectivity index (χ2n) is 6.09. The first-order valence-electron chi connectivity index (χ1n) is 8.86. The van der Waals surface area contributed by atoms with E-state index in [4.69, 9.17) is 40.2 Å². The van der Waals surface area contributed by atoms with Gasteiger partial charge < -0.3 is 10.1 Å². The van der Waals surface area contributed by atoms with Gasteiger partial charge in [-0.1, -0.05) is 71.7 Å². The number of carbonyl (C=O) groups is 1. The molecule has 0 saturated carbocycles. The highest BCUT2D eigenvalue weighted by molar-refractivity contribution is 7.80. The third-order valence-corrected chi connectivity index (χ3v) is 5.07. The smallest absolute Gasteiger partial charge is 0.261 e. The molecule has 3 aromatic carbocycles. The van der Waals surface area contributed by atoms with E-state index in [0.717, 1.165) is 6.42 Å². The van der Waals surface area contributed by atoms with E-state index >= 15 is 0 Å². The Morgan fingerprint density at radius 3 is 2.45 bits per heavy atom. The molecular formula is C22H18Cl2N2O2S. The summed E-state index contributed by atoms with van der Waals surface area (Å²) in [6.45, 7) is 0.453. The summed E-state index contributed by atoms with van der Waals surface area (Å²) in [5.74, 6) is 0.112. The van der Waals surface area contributed by atoms with E-state index in [2.05, 4.69) is 10.6 Å². The van der Waals surface area contributed by atoms with Gasteiger partial charge >= 0.3 is 0 Å². The van der Waals surface area contributed by atoms with Crippen molar-refractivity contribution < 1.29 is 9.53 Å². The Kier molecular flexibility index (Phi) is 7.47. The molecule has 1 amide bonds. The third-order valence-electron chi connectivity index (χ3n) is 4.05. The zero-order valence-electron chi connectivity index (χ0n) is 15.3. The number of thiocarbonyl (C=S) groups is 1. The second kappa shape index (κ2) is 10.3. The normalized spacial score (nSPS) is 10.3. The van der Waals surface area contributed by atoms with Crippen LogP contribution in [0.5, 0.6) is 5.75 Å². The third kappa shape index (κ3) is 5.94. The zero-order chi connectivity index (χ0) is 20.6.